The summed E-state index contributed by atoms with van der Waals surface area (Å²) in [5, 5.41) is 4.78. The normalized spacial score (nSPS) is 12.1. The van der Waals surface area contributed by atoms with Gasteiger partial charge in [-0.15, -0.1) is 11.3 Å². The molecule has 4 heteroatoms. The molecule has 0 amide bonds. The summed E-state index contributed by atoms with van der Waals surface area (Å²) >= 11 is 1.82. The Morgan fingerprint density at radius 2 is 1.59 bits per heavy atom. The average molecular weight is 390 g/mol. The number of thiophene rings is 1. The van der Waals surface area contributed by atoms with Crippen LogP contribution in [0.5, 0.6) is 0 Å². The molecule has 7 rings (SSSR count). The molecule has 0 aliphatic rings. The Bertz CT molecular complexity index is 1720. The predicted octanol–water partition coefficient (Wildman–Crippen LogP) is 7.29. The van der Waals surface area contributed by atoms with Crippen LogP contribution in [0.25, 0.3) is 59.0 Å². The maximum absolute atomic E-state index is 6.03. The molecule has 0 aliphatic heterocycles. The van der Waals surface area contributed by atoms with Crippen molar-refractivity contribution in [3.63, 3.8) is 0 Å². The molecule has 0 aliphatic carbocycles. The lowest BCUT2D eigenvalue weighted by Gasteiger charge is -2.06. The molecule has 0 bridgehead atoms. The topological polar surface area (TPSA) is 31.0 Å². The molecule has 0 spiro atoms. The van der Waals surface area contributed by atoms with Gasteiger partial charge < -0.3 is 4.42 Å². The molecule has 0 radical (unpaired) electrons. The number of rotatable bonds is 1. The Hall–Kier alpha value is -3.63. The first kappa shape index (κ1) is 15.3. The van der Waals surface area contributed by atoms with E-state index in [1.165, 1.54) is 20.3 Å². The lowest BCUT2D eigenvalue weighted by atomic mass is 10.1. The second-order valence-corrected chi connectivity index (χ2v) is 8.29. The van der Waals surface area contributed by atoms with E-state index in [2.05, 4.69) is 65.2 Å². The number of fused-ring (bicyclic) bond motifs is 8. The number of furan rings is 1. The van der Waals surface area contributed by atoms with Gasteiger partial charge in [-0.05, 0) is 42.5 Å². The molecule has 0 atom stereocenters. The van der Waals surface area contributed by atoms with E-state index in [9.17, 15) is 0 Å². The third kappa shape index (κ3) is 1.99. The molecular weight excluding hydrogens is 376 g/mol. The maximum atomic E-state index is 6.03. The fraction of sp³-hybridized carbons (Fsp3) is 0. The van der Waals surface area contributed by atoms with E-state index in [0.717, 1.165) is 38.7 Å². The highest BCUT2D eigenvalue weighted by molar-refractivity contribution is 7.25. The first-order chi connectivity index (χ1) is 14.4. The third-order valence-electron chi connectivity index (χ3n) is 5.66. The second kappa shape index (κ2) is 5.46. The van der Waals surface area contributed by atoms with E-state index < -0.39 is 0 Å². The maximum Gasteiger partial charge on any atom is 0.135 e. The lowest BCUT2D eigenvalue weighted by Crippen LogP contribution is -1.92. The molecular formula is C25H14N2OS. The van der Waals surface area contributed by atoms with Gasteiger partial charge in [0.2, 0.25) is 0 Å². The van der Waals surface area contributed by atoms with E-state index in [4.69, 9.17) is 9.40 Å². The van der Waals surface area contributed by atoms with Crippen LogP contribution in [0.15, 0.2) is 89.5 Å². The molecule has 0 saturated carbocycles. The number of nitrogens with zero attached hydrogens (tertiary/aromatic N) is 2. The third-order valence-corrected chi connectivity index (χ3v) is 6.82. The summed E-state index contributed by atoms with van der Waals surface area (Å²) in [6, 6.07) is 27.4. The average Bonchev–Trinajstić information content (AvgIpc) is 3.41. The van der Waals surface area contributed by atoms with Gasteiger partial charge in [-0.1, -0.05) is 36.4 Å². The Balaban J connectivity index is 1.65. The van der Waals surface area contributed by atoms with Gasteiger partial charge in [0.1, 0.15) is 16.0 Å². The molecule has 0 N–H and O–H groups in total. The lowest BCUT2D eigenvalue weighted by molar-refractivity contribution is 0.669. The molecule has 0 saturated heterocycles. The van der Waals surface area contributed by atoms with E-state index in [1.807, 2.05) is 35.7 Å². The van der Waals surface area contributed by atoms with Crippen molar-refractivity contribution in [2.45, 2.75) is 0 Å². The smallest absolute Gasteiger partial charge is 0.135 e. The van der Waals surface area contributed by atoms with Gasteiger partial charge in [-0.25, -0.2) is 0 Å². The highest BCUT2D eigenvalue weighted by atomic mass is 32.1. The van der Waals surface area contributed by atoms with Crippen LogP contribution >= 0.6 is 11.3 Å². The van der Waals surface area contributed by atoms with Crippen LogP contribution < -0.4 is 0 Å². The Morgan fingerprint density at radius 1 is 0.759 bits per heavy atom. The van der Waals surface area contributed by atoms with Crippen LogP contribution in [0.3, 0.4) is 0 Å². The summed E-state index contributed by atoms with van der Waals surface area (Å²) in [6.07, 6.45) is 1.88. The largest absolute Gasteiger partial charge is 0.456 e. The number of hydrogen-bond donors (Lipinski definition) is 0. The first-order valence-electron chi connectivity index (χ1n) is 9.57. The van der Waals surface area contributed by atoms with Crippen molar-refractivity contribution >= 4 is 64.6 Å². The van der Waals surface area contributed by atoms with Crippen LogP contribution in [-0.2, 0) is 0 Å². The van der Waals surface area contributed by atoms with Crippen molar-refractivity contribution < 1.29 is 4.42 Å². The zero-order chi connectivity index (χ0) is 18.9. The molecule has 4 aromatic heterocycles. The Labute approximate surface area is 169 Å². The summed E-state index contributed by atoms with van der Waals surface area (Å²) in [5.41, 5.74) is 5.15. The van der Waals surface area contributed by atoms with Gasteiger partial charge >= 0.3 is 0 Å². The quantitative estimate of drug-likeness (QED) is 0.295. The van der Waals surface area contributed by atoms with Crippen molar-refractivity contribution in [2.75, 3.05) is 0 Å². The molecule has 4 heterocycles. The van der Waals surface area contributed by atoms with Gasteiger partial charge in [-0.3, -0.25) is 9.55 Å². The molecule has 0 unspecified atom stereocenters. The van der Waals surface area contributed by atoms with Crippen molar-refractivity contribution in [1.82, 2.24) is 9.55 Å². The fourth-order valence-corrected chi connectivity index (χ4v) is 5.65. The monoisotopic (exact) mass is 390 g/mol. The number of para-hydroxylation sites is 1. The fourth-order valence-electron chi connectivity index (χ4n) is 4.41. The molecule has 29 heavy (non-hydrogen) atoms. The second-order valence-electron chi connectivity index (χ2n) is 7.26. The Kier molecular flexibility index (Phi) is 2.88. The predicted molar refractivity (Wildman–Crippen MR) is 121 cm³/mol. The molecule has 136 valence electrons. The van der Waals surface area contributed by atoms with E-state index in [-0.39, 0.29) is 0 Å². The van der Waals surface area contributed by atoms with Gasteiger partial charge in [0.15, 0.2) is 0 Å². The van der Waals surface area contributed by atoms with Gasteiger partial charge in [0, 0.05) is 38.1 Å². The standard InChI is InChI=1S/C25H14N2OS/c1-3-9-20-16(6-1)18-14-15(11-12-21(18)28-20)27-19-8-5-13-26-24(19)23-17-7-2-4-10-22(17)29-25(23)27/h1-14H. The van der Waals surface area contributed by atoms with Gasteiger partial charge in [0.05, 0.1) is 11.0 Å². The molecule has 3 nitrogen and oxygen atoms in total. The number of hydrogen-bond acceptors (Lipinski definition) is 3. The number of pyridine rings is 1. The van der Waals surface area contributed by atoms with Crippen molar-refractivity contribution in [2.24, 2.45) is 0 Å². The van der Waals surface area contributed by atoms with Gasteiger partial charge in [0.25, 0.3) is 0 Å². The van der Waals surface area contributed by atoms with Crippen LogP contribution in [0.4, 0.5) is 0 Å². The highest BCUT2D eigenvalue weighted by Gasteiger charge is 2.18. The van der Waals surface area contributed by atoms with Crippen LogP contribution in [-0.4, -0.2) is 9.55 Å². The summed E-state index contributed by atoms with van der Waals surface area (Å²) < 4.78 is 9.65. The summed E-state index contributed by atoms with van der Waals surface area (Å²) in [5.74, 6) is 0. The summed E-state index contributed by atoms with van der Waals surface area (Å²) in [6.45, 7) is 0. The number of aromatic nitrogens is 2. The Morgan fingerprint density at radius 3 is 2.55 bits per heavy atom. The molecule has 7 aromatic rings. The van der Waals surface area contributed by atoms with Crippen molar-refractivity contribution in [3.8, 4) is 5.69 Å². The zero-order valence-corrected chi connectivity index (χ0v) is 16.1. The minimum Gasteiger partial charge on any atom is -0.456 e. The van der Waals surface area contributed by atoms with Crippen molar-refractivity contribution in [3.05, 3.63) is 85.1 Å². The van der Waals surface area contributed by atoms with E-state index in [0.29, 0.717) is 0 Å². The van der Waals surface area contributed by atoms with E-state index >= 15 is 0 Å². The van der Waals surface area contributed by atoms with Crippen LogP contribution in [0, 0.1) is 0 Å². The van der Waals surface area contributed by atoms with Gasteiger partial charge in [-0.2, -0.15) is 0 Å². The minimum absolute atomic E-state index is 0.914. The summed E-state index contributed by atoms with van der Waals surface area (Å²) in [4.78, 5) is 5.98. The number of benzene rings is 3. The molecule has 3 aromatic carbocycles. The van der Waals surface area contributed by atoms with Crippen molar-refractivity contribution in [1.29, 1.82) is 0 Å². The van der Waals surface area contributed by atoms with Crippen LogP contribution in [0.2, 0.25) is 0 Å². The zero-order valence-electron chi connectivity index (χ0n) is 15.3. The highest BCUT2D eigenvalue weighted by Crippen LogP contribution is 2.42. The first-order valence-corrected chi connectivity index (χ1v) is 10.4. The minimum atomic E-state index is 0.914. The van der Waals surface area contributed by atoms with E-state index in [1.54, 1.807) is 0 Å². The molecule has 0 fully saturated rings. The summed E-state index contributed by atoms with van der Waals surface area (Å²) in [7, 11) is 0. The van der Waals surface area contributed by atoms with Crippen LogP contribution in [0.1, 0.15) is 0 Å². The SMILES string of the molecule is c1ccc2c(c1)oc1ccc(-n3c4cccnc4c4c5ccccc5sc43)cc12.